The number of nitrogens with one attached hydrogen (secondary N) is 3. The van der Waals surface area contributed by atoms with E-state index in [2.05, 4.69) is 43.6 Å². The van der Waals surface area contributed by atoms with E-state index in [0.717, 1.165) is 44.6 Å². The Balaban J connectivity index is 0.920. The lowest BCUT2D eigenvalue weighted by molar-refractivity contribution is -0.369. The van der Waals surface area contributed by atoms with Gasteiger partial charge in [-0.05, 0) is 119 Å². The Morgan fingerprint density at radius 1 is 0.543 bits per heavy atom. The van der Waals surface area contributed by atoms with Gasteiger partial charge in [0.15, 0.2) is 30.6 Å². The normalized spacial score (nSPS) is 37.6. The maximum atomic E-state index is 15.6. The molecule has 7 aliphatic rings. The van der Waals surface area contributed by atoms with Gasteiger partial charge in [-0.3, -0.25) is 19.2 Å². The summed E-state index contributed by atoms with van der Waals surface area (Å²) in [5.74, 6) is -5.24. The molecule has 0 spiro atoms. The molecule has 512 valence electrons. The molecular formula is C72H95N3O19. The van der Waals surface area contributed by atoms with E-state index in [0.29, 0.717) is 49.7 Å². The molecule has 94 heavy (non-hydrogen) atoms. The third kappa shape index (κ3) is 13.2. The highest BCUT2D eigenvalue weighted by molar-refractivity contribution is 5.96. The maximum Gasteiger partial charge on any atom is 0.328 e. The van der Waals surface area contributed by atoms with Crippen LogP contribution < -0.4 is 16.0 Å². The second kappa shape index (κ2) is 27.6. The van der Waals surface area contributed by atoms with Gasteiger partial charge in [-0.2, -0.15) is 0 Å². The number of hydrogen-bond acceptors (Lipinski definition) is 19. The zero-order valence-electron chi connectivity index (χ0n) is 55.5. The van der Waals surface area contributed by atoms with Gasteiger partial charge < -0.3 is 74.6 Å². The summed E-state index contributed by atoms with van der Waals surface area (Å²) < 4.78 is 40.9. The van der Waals surface area contributed by atoms with Crippen molar-refractivity contribution in [1.82, 2.24) is 16.0 Å². The van der Waals surface area contributed by atoms with E-state index in [1.165, 1.54) is 7.11 Å². The van der Waals surface area contributed by atoms with Crippen molar-refractivity contribution in [3.05, 3.63) is 119 Å². The predicted molar refractivity (Wildman–Crippen MR) is 339 cm³/mol. The van der Waals surface area contributed by atoms with Crippen LogP contribution in [0.3, 0.4) is 0 Å². The number of allylic oxidation sites excluding steroid dienone is 2. The number of carbonyl (C=O) groups is 7. The molecule has 0 bridgehead atoms. The van der Waals surface area contributed by atoms with E-state index in [1.54, 1.807) is 60.7 Å². The van der Waals surface area contributed by atoms with Crippen LogP contribution in [0.2, 0.25) is 0 Å². The molecule has 22 heteroatoms. The lowest BCUT2D eigenvalue weighted by Crippen LogP contribution is -2.69. The third-order valence-corrected chi connectivity index (χ3v) is 23.5. The Bertz CT molecular complexity index is 3300. The highest BCUT2D eigenvalue weighted by Crippen LogP contribution is 2.75. The molecule has 6 fully saturated rings. The van der Waals surface area contributed by atoms with Crippen LogP contribution in [-0.2, 0) is 86.0 Å². The van der Waals surface area contributed by atoms with Crippen LogP contribution in [-0.4, -0.2) is 174 Å². The van der Waals surface area contributed by atoms with Crippen LogP contribution in [0.15, 0.2) is 103 Å². The number of fused-ring (bicyclic) bond motifs is 7. The summed E-state index contributed by atoms with van der Waals surface area (Å²) in [6.07, 6.45) is -13.2. The highest BCUT2D eigenvalue weighted by Gasteiger charge is 2.71. The smallest absolute Gasteiger partial charge is 0.328 e. The Morgan fingerprint density at radius 2 is 1.01 bits per heavy atom. The Hall–Kier alpha value is -6.47. The van der Waals surface area contributed by atoms with E-state index >= 15 is 4.79 Å². The quantitative estimate of drug-likeness (QED) is 0.0458. The first kappa shape index (κ1) is 70.3. The van der Waals surface area contributed by atoms with Crippen molar-refractivity contribution in [2.45, 2.75) is 211 Å². The number of hydrogen-bond donors (Lipinski definition) is 8. The lowest BCUT2D eigenvalue weighted by atomic mass is 9.33. The van der Waals surface area contributed by atoms with Crippen LogP contribution in [0.4, 0.5) is 0 Å². The van der Waals surface area contributed by atoms with Crippen LogP contribution in [0.25, 0.3) is 0 Å². The van der Waals surface area contributed by atoms with Gasteiger partial charge in [0.1, 0.15) is 54.7 Å². The molecule has 2 saturated heterocycles. The van der Waals surface area contributed by atoms with Gasteiger partial charge in [-0.25, -0.2) is 14.4 Å². The summed E-state index contributed by atoms with van der Waals surface area (Å²) in [6.45, 7) is 15.1. The molecule has 4 saturated carbocycles. The van der Waals surface area contributed by atoms with Crippen LogP contribution >= 0.6 is 0 Å². The molecule has 3 aromatic carbocycles. The molecule has 3 aromatic rings. The lowest BCUT2D eigenvalue weighted by Gasteiger charge is -2.70. The Morgan fingerprint density at radius 3 is 1.51 bits per heavy atom. The fraction of sp³-hybridized carbons (Fsp3) is 0.625. The number of aliphatic hydroxyl groups excluding tert-OH is 5. The Labute approximate surface area is 549 Å². The summed E-state index contributed by atoms with van der Waals surface area (Å²) in [6, 6.07) is 23.5. The number of ether oxygens (including phenoxy) is 7. The molecular weight excluding hydrogens is 1210 g/mol. The van der Waals surface area contributed by atoms with Crippen molar-refractivity contribution in [1.29, 1.82) is 0 Å². The van der Waals surface area contributed by atoms with Gasteiger partial charge in [-0.1, -0.05) is 145 Å². The van der Waals surface area contributed by atoms with Crippen molar-refractivity contribution in [2.24, 2.45) is 50.2 Å². The minimum atomic E-state index is -2.13. The number of methoxy groups -OCH3 is 3. The van der Waals surface area contributed by atoms with Gasteiger partial charge in [-0.15, -0.1) is 0 Å². The van der Waals surface area contributed by atoms with Gasteiger partial charge in [0.2, 0.25) is 5.91 Å². The van der Waals surface area contributed by atoms with Crippen molar-refractivity contribution < 1.29 is 92.3 Å². The zero-order chi connectivity index (χ0) is 68.0. The second-order valence-electron chi connectivity index (χ2n) is 29.4. The summed E-state index contributed by atoms with van der Waals surface area (Å²) in [5, 5.41) is 66.6. The van der Waals surface area contributed by atoms with Crippen LogP contribution in [0.1, 0.15) is 123 Å². The molecule has 8 N–H and O–H groups in total. The first-order valence-corrected chi connectivity index (χ1v) is 33.0. The molecule has 14 unspecified atom stereocenters. The molecule has 0 aromatic heterocycles. The monoisotopic (exact) mass is 1310 g/mol. The first-order chi connectivity index (χ1) is 44.5. The molecule has 5 aliphatic carbocycles. The van der Waals surface area contributed by atoms with Crippen molar-refractivity contribution in [3.63, 3.8) is 0 Å². The zero-order valence-corrected chi connectivity index (χ0v) is 55.5. The fourth-order valence-electron chi connectivity index (χ4n) is 17.8. The minimum absolute atomic E-state index is 0.0217. The summed E-state index contributed by atoms with van der Waals surface area (Å²) in [5.41, 5.74) is -0.176. The number of amides is 3. The average molecular weight is 1310 g/mol. The van der Waals surface area contributed by atoms with Crippen LogP contribution in [0, 0.1) is 50.2 Å². The third-order valence-electron chi connectivity index (χ3n) is 23.5. The average Bonchev–Trinajstić information content (AvgIpc) is 0.674. The predicted octanol–water partition coefficient (Wildman–Crippen LogP) is 4.69. The molecule has 3 amide bonds. The molecule has 0 radical (unpaired) electrons. The summed E-state index contributed by atoms with van der Waals surface area (Å²) in [4.78, 5) is 98.4. The molecule has 2 aliphatic heterocycles. The number of aliphatic hydroxyl groups is 5. The van der Waals surface area contributed by atoms with Gasteiger partial charge in [0.05, 0.1) is 27.4 Å². The molecule has 22 nitrogen and oxygen atoms in total. The van der Waals surface area contributed by atoms with Gasteiger partial charge >= 0.3 is 17.9 Å². The van der Waals surface area contributed by atoms with Crippen molar-refractivity contribution >= 4 is 41.4 Å². The van der Waals surface area contributed by atoms with E-state index in [4.69, 9.17) is 33.2 Å². The number of esters is 3. The number of benzene rings is 3. The van der Waals surface area contributed by atoms with E-state index in [-0.39, 0.29) is 48.2 Å². The fourth-order valence-corrected chi connectivity index (χ4v) is 17.8. The second-order valence-corrected chi connectivity index (χ2v) is 29.4. The summed E-state index contributed by atoms with van der Waals surface area (Å²) >= 11 is 0. The molecule has 10 rings (SSSR count). The topological polar surface area (TPSA) is 321 Å². The van der Waals surface area contributed by atoms with E-state index < -0.39 is 148 Å². The van der Waals surface area contributed by atoms with E-state index in [1.807, 2.05) is 57.2 Å². The first-order valence-electron chi connectivity index (χ1n) is 33.0. The standard InChI is InChI=1S/C72H95N3O19/c1-67(2)48-26-29-72(7)58(47(76)37-42-43-38-69(4,31-30-68(43,3)32-33-71(42,72)6)66(87)75-46(63(86)90-10)36-41-24-18-13-19-25-41)70(48,5)28-27-49(67)91-65-57(53(80)52(79)56(93-65)60(83)74-45(62(85)89-9)35-40-22-16-12-17-23-40)94-64-54(81)50(77)51(78)55(92-64)59(82)73-44(61(84)88-8)34-39-20-14-11-15-21-39/h11-25,37,43-46,48-58,64-65,77-81H,26-36,38H2,1-10H3,(H,73,82)(H,74,83)(H,75,87)/t43?,44-,45-,46-,48?,49?,50?,51?,52?,53?,54?,55?,56?,57?,58?,64?,65?,68-,69+,70+,71-,72-/m1/s1. The van der Waals surface area contributed by atoms with Gasteiger partial charge in [0, 0.05) is 30.6 Å². The molecule has 22 atom stereocenters. The van der Waals surface area contributed by atoms with Crippen LogP contribution in [0.5, 0.6) is 0 Å². The van der Waals surface area contributed by atoms with E-state index in [9.17, 15) is 54.3 Å². The largest absolute Gasteiger partial charge is 0.467 e. The van der Waals surface area contributed by atoms with Gasteiger partial charge in [0.25, 0.3) is 11.8 Å². The Kier molecular flexibility index (Phi) is 20.6. The molecule has 2 heterocycles. The number of ketones is 1. The summed E-state index contributed by atoms with van der Waals surface area (Å²) in [7, 11) is 3.61. The SMILES string of the molecule is COC(=O)[C@@H](Cc1ccccc1)NC(=O)C1OC(OC2C(OC3CC[C@@]4(C)C(CC[C@]5(C)C4C(=O)C=C4C6C[C@@](C)(C(=O)N[C@H](Cc7ccccc7)C(=O)OC)CC[C@]6(C)CC[C@]45C)C3(C)C)OC(C(=O)N[C@H](Cc3ccccc3)C(=O)OC)C(O)C2O)C(O)C(O)C1O. The maximum absolute atomic E-state index is 15.6. The van der Waals surface area contributed by atoms with Crippen molar-refractivity contribution in [3.8, 4) is 0 Å². The number of carbonyl (C=O) groups excluding carboxylic acids is 7. The minimum Gasteiger partial charge on any atom is -0.467 e. The van der Waals surface area contributed by atoms with Crippen molar-refractivity contribution in [2.75, 3.05) is 21.3 Å². The highest BCUT2D eigenvalue weighted by atomic mass is 16.8. The number of rotatable bonds is 19.